The fourth-order valence-electron chi connectivity index (χ4n) is 6.03. The van der Waals surface area contributed by atoms with E-state index in [2.05, 4.69) is 43.9 Å². The molecule has 1 N–H and O–H groups in total. The number of hydrogen-bond acceptors (Lipinski definition) is 13. The molecule has 4 rings (SSSR count). The van der Waals surface area contributed by atoms with E-state index in [0.29, 0.717) is 0 Å². The number of carbonyl (C=O) groups is 2. The molecule has 0 aromatic heterocycles. The van der Waals surface area contributed by atoms with Crippen LogP contribution in [0.1, 0.15) is 59.6 Å². The molecule has 10 atom stereocenters. The van der Waals surface area contributed by atoms with Crippen molar-refractivity contribution < 1.29 is 51.9 Å². The normalized spacial score (nSPS) is 28.7. The Bertz CT molecular complexity index is 1590. The lowest BCUT2D eigenvalue weighted by molar-refractivity contribution is -0.339. The largest absolute Gasteiger partial charge is 0.459 e. The van der Waals surface area contributed by atoms with Gasteiger partial charge >= 0.3 is 11.9 Å². The molecule has 0 amide bonds. The minimum absolute atomic E-state index is 0.00402. The maximum absolute atomic E-state index is 12.7. The molecular formula is C38H54N4O11Si. The first-order chi connectivity index (χ1) is 25.5. The molecule has 2 aromatic rings. The van der Waals surface area contributed by atoms with Crippen LogP contribution in [0.2, 0.25) is 18.1 Å². The molecule has 54 heavy (non-hydrogen) atoms. The van der Waals surface area contributed by atoms with Crippen molar-refractivity contribution in [2.45, 2.75) is 141 Å². The van der Waals surface area contributed by atoms with Gasteiger partial charge < -0.3 is 42.3 Å². The fourth-order valence-corrected chi connectivity index (χ4v) is 7.35. The number of benzene rings is 2. The number of esters is 2. The SMILES string of the molecule is CC(=N)O[C@@H]1OC(C)[C@@H](O[C@@H]2OC(COCc3ccccc3)[C@@H](O[Si](C)(C)C(C)(C)C)C(OC(C)=O)[C@@H]2N=[N+]=[N-])C(OCc2ccccc2)[C@@H]1OC(C)=O. The van der Waals surface area contributed by atoms with Gasteiger partial charge in [0.05, 0.1) is 25.9 Å². The van der Waals surface area contributed by atoms with Crippen LogP contribution < -0.4 is 0 Å². The molecule has 16 heteroatoms. The third-order valence-electron chi connectivity index (χ3n) is 9.63. The van der Waals surface area contributed by atoms with Gasteiger partial charge in [-0.25, -0.2) is 0 Å². The van der Waals surface area contributed by atoms with Crippen LogP contribution in [0.25, 0.3) is 10.4 Å². The zero-order valence-electron chi connectivity index (χ0n) is 32.5. The van der Waals surface area contributed by atoms with Crippen molar-refractivity contribution in [3.63, 3.8) is 0 Å². The minimum atomic E-state index is -2.58. The third-order valence-corrected chi connectivity index (χ3v) is 14.1. The number of nitrogens with zero attached hydrogens (tertiary/aromatic N) is 3. The highest BCUT2D eigenvalue weighted by molar-refractivity contribution is 6.74. The van der Waals surface area contributed by atoms with Gasteiger partial charge in [-0.1, -0.05) is 86.5 Å². The fraction of sp³-hybridized carbons (Fsp3) is 0.605. The standard InChI is InChI=1S/C38H54N4O11Si/c1-23-31(34(46-21-28-18-14-11-15-19-28)35(50-26(4)44)37(47-23)48-24(2)39)52-36-30(41-42-40)33(49-25(3)43)32(53-54(8,9)38(5,6)7)29(51-36)22-45-20-27-16-12-10-13-17-27/h10-19,23,29-37,39H,20-22H2,1-9H3/t23?,29?,30-,31+,32+,33?,34?,35-,36-,37-/m0/s1. The van der Waals surface area contributed by atoms with Gasteiger partial charge in [-0.05, 0) is 41.7 Å². The van der Waals surface area contributed by atoms with Gasteiger partial charge in [0.15, 0.2) is 26.6 Å². The maximum atomic E-state index is 12.7. The van der Waals surface area contributed by atoms with Crippen molar-refractivity contribution in [3.05, 3.63) is 82.2 Å². The van der Waals surface area contributed by atoms with Crippen LogP contribution in [0, 0.1) is 5.41 Å². The number of rotatable bonds is 15. The summed E-state index contributed by atoms with van der Waals surface area (Å²) < 4.78 is 56.4. The van der Waals surface area contributed by atoms with E-state index in [9.17, 15) is 15.1 Å². The van der Waals surface area contributed by atoms with E-state index in [1.165, 1.54) is 20.8 Å². The Morgan fingerprint density at radius 3 is 1.93 bits per heavy atom. The van der Waals surface area contributed by atoms with Crippen molar-refractivity contribution in [2.24, 2.45) is 5.11 Å². The molecule has 2 aliphatic rings. The summed E-state index contributed by atoms with van der Waals surface area (Å²) in [5.74, 6) is -1.43. The summed E-state index contributed by atoms with van der Waals surface area (Å²) in [6.45, 7) is 16.4. The molecule has 2 fully saturated rings. The van der Waals surface area contributed by atoms with Gasteiger partial charge in [0.25, 0.3) is 0 Å². The monoisotopic (exact) mass is 770 g/mol. The molecule has 2 saturated heterocycles. The zero-order chi connectivity index (χ0) is 39.6. The van der Waals surface area contributed by atoms with Crippen LogP contribution in [0.4, 0.5) is 0 Å². The van der Waals surface area contributed by atoms with Crippen LogP contribution >= 0.6 is 0 Å². The summed E-state index contributed by atoms with van der Waals surface area (Å²) in [5.41, 5.74) is 11.6. The van der Waals surface area contributed by atoms with Gasteiger partial charge in [0.1, 0.15) is 36.6 Å². The Balaban J connectivity index is 1.76. The van der Waals surface area contributed by atoms with Gasteiger partial charge in [-0.3, -0.25) is 15.0 Å². The van der Waals surface area contributed by atoms with E-state index in [1.54, 1.807) is 6.92 Å². The Morgan fingerprint density at radius 1 is 0.815 bits per heavy atom. The molecule has 2 aromatic carbocycles. The van der Waals surface area contributed by atoms with E-state index in [-0.39, 0.29) is 30.8 Å². The van der Waals surface area contributed by atoms with E-state index in [4.69, 9.17) is 47.7 Å². The number of ether oxygens (including phenoxy) is 8. The van der Waals surface area contributed by atoms with Crippen molar-refractivity contribution in [2.75, 3.05) is 6.61 Å². The second-order valence-electron chi connectivity index (χ2n) is 15.0. The lowest BCUT2D eigenvalue weighted by Crippen LogP contribution is -2.66. The molecular weight excluding hydrogens is 717 g/mol. The summed E-state index contributed by atoms with van der Waals surface area (Å²) in [7, 11) is -2.58. The molecule has 0 aliphatic carbocycles. The van der Waals surface area contributed by atoms with E-state index in [1.807, 2.05) is 60.7 Å². The topological polar surface area (TPSA) is 190 Å². The van der Waals surface area contributed by atoms with Crippen molar-refractivity contribution in [1.29, 1.82) is 5.41 Å². The summed E-state index contributed by atoms with van der Waals surface area (Å²) >= 11 is 0. The Hall–Kier alpha value is -3.86. The van der Waals surface area contributed by atoms with E-state index < -0.39 is 81.6 Å². The van der Waals surface area contributed by atoms with Crippen LogP contribution in [0.15, 0.2) is 65.8 Å². The Kier molecular flexibility index (Phi) is 15.2. The van der Waals surface area contributed by atoms with Crippen LogP contribution in [0.5, 0.6) is 0 Å². The average Bonchev–Trinajstić information content (AvgIpc) is 3.09. The first kappa shape index (κ1) is 42.9. The molecule has 0 radical (unpaired) electrons. The van der Waals surface area contributed by atoms with Gasteiger partial charge in [-0.2, -0.15) is 0 Å². The Morgan fingerprint density at radius 2 is 1.39 bits per heavy atom. The molecule has 4 unspecified atom stereocenters. The highest BCUT2D eigenvalue weighted by Gasteiger charge is 2.56. The molecule has 0 bridgehead atoms. The van der Waals surface area contributed by atoms with Crippen LogP contribution in [-0.2, 0) is 65.1 Å². The number of azide groups is 1. The second kappa shape index (κ2) is 19.1. The highest BCUT2D eigenvalue weighted by Crippen LogP contribution is 2.41. The van der Waals surface area contributed by atoms with E-state index >= 15 is 0 Å². The van der Waals surface area contributed by atoms with E-state index in [0.717, 1.165) is 11.1 Å². The lowest BCUT2D eigenvalue weighted by Gasteiger charge is -2.50. The molecule has 0 spiro atoms. The number of carbonyl (C=O) groups excluding carboxylic acids is 2. The van der Waals surface area contributed by atoms with Crippen molar-refractivity contribution in [3.8, 4) is 0 Å². The van der Waals surface area contributed by atoms with Gasteiger partial charge in [0, 0.05) is 25.7 Å². The quantitative estimate of drug-likeness (QED) is 0.0391. The number of hydrogen-bond donors (Lipinski definition) is 1. The molecule has 296 valence electrons. The van der Waals surface area contributed by atoms with Crippen LogP contribution in [-0.4, -0.2) is 94.1 Å². The molecule has 2 heterocycles. The molecule has 2 aliphatic heterocycles. The lowest BCUT2D eigenvalue weighted by atomic mass is 9.95. The smallest absolute Gasteiger partial charge is 0.303 e. The van der Waals surface area contributed by atoms with Gasteiger partial charge in [0.2, 0.25) is 6.29 Å². The first-order valence-corrected chi connectivity index (χ1v) is 20.9. The zero-order valence-corrected chi connectivity index (χ0v) is 33.5. The first-order valence-electron chi connectivity index (χ1n) is 18.0. The predicted molar refractivity (Wildman–Crippen MR) is 200 cm³/mol. The number of nitrogens with one attached hydrogen (secondary N) is 1. The molecule has 15 nitrogen and oxygen atoms in total. The minimum Gasteiger partial charge on any atom is -0.459 e. The summed E-state index contributed by atoms with van der Waals surface area (Å²) in [5, 5.41) is 11.8. The maximum Gasteiger partial charge on any atom is 0.303 e. The third kappa shape index (κ3) is 11.6. The Labute approximate surface area is 318 Å². The highest BCUT2D eigenvalue weighted by atomic mass is 28.4. The molecule has 0 saturated carbocycles. The van der Waals surface area contributed by atoms with Crippen LogP contribution in [0.3, 0.4) is 0 Å². The van der Waals surface area contributed by atoms with Crippen molar-refractivity contribution in [1.82, 2.24) is 0 Å². The second-order valence-corrected chi connectivity index (χ2v) is 19.7. The predicted octanol–water partition coefficient (Wildman–Crippen LogP) is 6.59. The van der Waals surface area contributed by atoms with Gasteiger partial charge in [-0.15, -0.1) is 0 Å². The summed E-state index contributed by atoms with van der Waals surface area (Å²) in [6.07, 6.45) is -9.57. The van der Waals surface area contributed by atoms with Crippen molar-refractivity contribution >= 4 is 26.2 Å². The summed E-state index contributed by atoms with van der Waals surface area (Å²) in [4.78, 5) is 28.3. The summed E-state index contributed by atoms with van der Waals surface area (Å²) in [6, 6.07) is 17.7. The average molecular weight is 771 g/mol.